The Morgan fingerprint density at radius 1 is 1.11 bits per heavy atom. The van der Waals surface area contributed by atoms with Crippen molar-refractivity contribution >= 4 is 11.4 Å². The summed E-state index contributed by atoms with van der Waals surface area (Å²) >= 11 is 0. The molecule has 0 atom stereocenters. The largest absolute Gasteiger partial charge is 0.507 e. The fourth-order valence-electron chi connectivity index (χ4n) is 1.89. The van der Waals surface area contributed by atoms with Gasteiger partial charge in [0, 0.05) is 11.3 Å². The van der Waals surface area contributed by atoms with Gasteiger partial charge in [0.15, 0.2) is 0 Å². The molecule has 2 aromatic carbocycles. The number of aliphatic imine (C=N–C) groups is 1. The van der Waals surface area contributed by atoms with Crippen LogP contribution in [0, 0.1) is 6.92 Å². The number of hydrogen-bond acceptors (Lipinski definition) is 2. The third-order valence-corrected chi connectivity index (χ3v) is 2.96. The van der Waals surface area contributed by atoms with Crippen molar-refractivity contribution in [2.24, 2.45) is 4.99 Å². The molecule has 0 aliphatic carbocycles. The topological polar surface area (TPSA) is 32.6 Å². The lowest BCUT2D eigenvalue weighted by Gasteiger charge is -2.07. The van der Waals surface area contributed by atoms with Gasteiger partial charge in [-0.15, -0.1) is 0 Å². The molecule has 0 radical (unpaired) electrons. The maximum atomic E-state index is 9.92. The molecule has 0 aromatic heterocycles. The van der Waals surface area contributed by atoms with Crippen LogP contribution in [0.4, 0.5) is 0 Å². The first-order valence-corrected chi connectivity index (χ1v) is 6.17. The standard InChI is InChI=1S/C17H17NO/c1-12-9-10-16(17(19)11-12)14(3)18-13(2)15-7-5-4-6-8-15/h4-11,19H,3H2,1-2H3/b18-13+. The minimum Gasteiger partial charge on any atom is -0.507 e. The average molecular weight is 251 g/mol. The number of aromatic hydroxyl groups is 1. The molecule has 2 heteroatoms. The molecule has 0 saturated carbocycles. The van der Waals surface area contributed by atoms with Crippen LogP contribution in [0.25, 0.3) is 5.70 Å². The minimum absolute atomic E-state index is 0.217. The predicted octanol–water partition coefficient (Wildman–Crippen LogP) is 4.18. The highest BCUT2D eigenvalue weighted by molar-refractivity contribution is 6.01. The van der Waals surface area contributed by atoms with Crippen molar-refractivity contribution in [1.82, 2.24) is 0 Å². The van der Waals surface area contributed by atoms with Crippen LogP contribution in [-0.4, -0.2) is 10.8 Å². The van der Waals surface area contributed by atoms with E-state index in [0.29, 0.717) is 11.3 Å². The van der Waals surface area contributed by atoms with E-state index < -0.39 is 0 Å². The second kappa shape index (κ2) is 5.53. The summed E-state index contributed by atoms with van der Waals surface area (Å²) in [6, 6.07) is 15.4. The van der Waals surface area contributed by atoms with Gasteiger partial charge in [-0.05, 0) is 37.1 Å². The van der Waals surface area contributed by atoms with Crippen molar-refractivity contribution in [3.8, 4) is 5.75 Å². The van der Waals surface area contributed by atoms with Gasteiger partial charge in [0.1, 0.15) is 5.75 Å². The van der Waals surface area contributed by atoms with E-state index in [2.05, 4.69) is 11.6 Å². The van der Waals surface area contributed by atoms with Crippen LogP contribution >= 0.6 is 0 Å². The average Bonchev–Trinajstić information content (AvgIpc) is 2.39. The van der Waals surface area contributed by atoms with Gasteiger partial charge >= 0.3 is 0 Å². The van der Waals surface area contributed by atoms with Gasteiger partial charge in [-0.3, -0.25) is 4.99 Å². The number of rotatable bonds is 3. The number of benzene rings is 2. The summed E-state index contributed by atoms with van der Waals surface area (Å²) in [6.07, 6.45) is 0. The van der Waals surface area contributed by atoms with Crippen molar-refractivity contribution in [3.63, 3.8) is 0 Å². The first kappa shape index (κ1) is 13.1. The van der Waals surface area contributed by atoms with Crippen LogP contribution in [0.2, 0.25) is 0 Å². The Hall–Kier alpha value is -2.35. The monoisotopic (exact) mass is 251 g/mol. The lowest BCUT2D eigenvalue weighted by Crippen LogP contribution is -1.94. The second-order valence-electron chi connectivity index (χ2n) is 4.53. The summed E-state index contributed by atoms with van der Waals surface area (Å²) in [5.41, 5.74) is 4.18. The maximum Gasteiger partial charge on any atom is 0.125 e. The zero-order valence-electron chi connectivity index (χ0n) is 11.2. The van der Waals surface area contributed by atoms with Crippen LogP contribution in [0.15, 0.2) is 60.1 Å². The molecule has 0 saturated heterocycles. The first-order valence-electron chi connectivity index (χ1n) is 6.17. The number of phenols is 1. The Morgan fingerprint density at radius 3 is 2.42 bits per heavy atom. The summed E-state index contributed by atoms with van der Waals surface area (Å²) in [5.74, 6) is 0.217. The molecular weight excluding hydrogens is 234 g/mol. The molecule has 0 heterocycles. The first-order chi connectivity index (χ1) is 9.08. The van der Waals surface area contributed by atoms with Gasteiger partial charge in [0.05, 0.1) is 5.70 Å². The number of aryl methyl sites for hydroxylation is 1. The summed E-state index contributed by atoms with van der Waals surface area (Å²) in [4.78, 5) is 4.47. The van der Waals surface area contributed by atoms with Crippen LogP contribution in [-0.2, 0) is 0 Å². The third-order valence-electron chi connectivity index (χ3n) is 2.96. The molecule has 96 valence electrons. The van der Waals surface area contributed by atoms with Crippen molar-refractivity contribution in [2.75, 3.05) is 0 Å². The Kier molecular flexibility index (Phi) is 3.81. The molecular formula is C17H17NO. The van der Waals surface area contributed by atoms with Crippen molar-refractivity contribution < 1.29 is 5.11 Å². The number of phenolic OH excluding ortho intramolecular Hbond substituents is 1. The fraction of sp³-hybridized carbons (Fsp3) is 0.118. The van der Waals surface area contributed by atoms with Gasteiger partial charge in [-0.2, -0.15) is 0 Å². The SMILES string of the molecule is C=C(/N=C(\C)c1ccccc1)c1ccc(C)cc1O. The van der Waals surface area contributed by atoms with E-state index in [9.17, 15) is 5.11 Å². The molecule has 0 amide bonds. The third kappa shape index (κ3) is 3.10. The Labute approximate surface area is 113 Å². The lowest BCUT2D eigenvalue weighted by atomic mass is 10.1. The van der Waals surface area contributed by atoms with Gasteiger partial charge in [0.25, 0.3) is 0 Å². The quantitative estimate of drug-likeness (QED) is 0.815. The molecule has 0 spiro atoms. The molecule has 1 N–H and O–H groups in total. The molecule has 0 bridgehead atoms. The summed E-state index contributed by atoms with van der Waals surface area (Å²) in [5, 5.41) is 9.92. The van der Waals surface area contributed by atoms with E-state index in [0.717, 1.165) is 16.8 Å². The molecule has 0 aliphatic rings. The molecule has 2 rings (SSSR count). The van der Waals surface area contributed by atoms with E-state index in [1.807, 2.05) is 56.3 Å². The maximum absolute atomic E-state index is 9.92. The molecule has 19 heavy (non-hydrogen) atoms. The van der Waals surface area contributed by atoms with E-state index in [1.54, 1.807) is 6.07 Å². The van der Waals surface area contributed by atoms with Crippen LogP contribution < -0.4 is 0 Å². The van der Waals surface area contributed by atoms with Gasteiger partial charge < -0.3 is 5.11 Å². The smallest absolute Gasteiger partial charge is 0.125 e. The number of nitrogens with zero attached hydrogens (tertiary/aromatic N) is 1. The van der Waals surface area contributed by atoms with Crippen molar-refractivity contribution in [3.05, 3.63) is 71.8 Å². The van der Waals surface area contributed by atoms with Gasteiger partial charge in [-0.1, -0.05) is 43.0 Å². The van der Waals surface area contributed by atoms with Gasteiger partial charge in [-0.25, -0.2) is 0 Å². The Balaban J connectivity index is 2.30. The van der Waals surface area contributed by atoms with E-state index in [1.165, 1.54) is 0 Å². The van der Waals surface area contributed by atoms with E-state index in [4.69, 9.17) is 0 Å². The molecule has 2 aromatic rings. The molecule has 0 fully saturated rings. The highest BCUT2D eigenvalue weighted by atomic mass is 16.3. The highest BCUT2D eigenvalue weighted by Gasteiger charge is 2.05. The van der Waals surface area contributed by atoms with Crippen LogP contribution in [0.1, 0.15) is 23.6 Å². The Bertz CT molecular complexity index is 627. The van der Waals surface area contributed by atoms with Gasteiger partial charge in [0.2, 0.25) is 0 Å². The van der Waals surface area contributed by atoms with E-state index >= 15 is 0 Å². The summed E-state index contributed by atoms with van der Waals surface area (Å²) < 4.78 is 0. The summed E-state index contributed by atoms with van der Waals surface area (Å²) in [6.45, 7) is 7.80. The zero-order chi connectivity index (χ0) is 13.8. The van der Waals surface area contributed by atoms with Crippen molar-refractivity contribution in [1.29, 1.82) is 0 Å². The second-order valence-corrected chi connectivity index (χ2v) is 4.53. The zero-order valence-corrected chi connectivity index (χ0v) is 11.2. The summed E-state index contributed by atoms with van der Waals surface area (Å²) in [7, 11) is 0. The molecule has 2 nitrogen and oxygen atoms in total. The Morgan fingerprint density at radius 2 is 1.79 bits per heavy atom. The van der Waals surface area contributed by atoms with Crippen molar-refractivity contribution in [2.45, 2.75) is 13.8 Å². The fourth-order valence-corrected chi connectivity index (χ4v) is 1.89. The highest BCUT2D eigenvalue weighted by Crippen LogP contribution is 2.26. The molecule has 0 aliphatic heterocycles. The number of hydrogen-bond donors (Lipinski definition) is 1. The van der Waals surface area contributed by atoms with Crippen LogP contribution in [0.3, 0.4) is 0 Å². The minimum atomic E-state index is 0.217. The normalized spacial score (nSPS) is 11.4. The molecule has 0 unspecified atom stereocenters. The predicted molar refractivity (Wildman–Crippen MR) is 80.5 cm³/mol. The lowest BCUT2D eigenvalue weighted by molar-refractivity contribution is 0.473. The van der Waals surface area contributed by atoms with Crippen LogP contribution in [0.5, 0.6) is 5.75 Å². The van der Waals surface area contributed by atoms with E-state index in [-0.39, 0.29) is 5.75 Å².